The van der Waals surface area contributed by atoms with Crippen LogP contribution in [0.25, 0.3) is 10.4 Å². The lowest BCUT2D eigenvalue weighted by molar-refractivity contribution is -0.0403. The van der Waals surface area contributed by atoms with E-state index in [2.05, 4.69) is 10.0 Å². The lowest BCUT2D eigenvalue weighted by Crippen LogP contribution is -2.36. The molecule has 0 radical (unpaired) electrons. The number of rotatable bonds is 3. The number of halogens is 1. The summed E-state index contributed by atoms with van der Waals surface area (Å²) in [6.07, 6.45) is -3.08. The van der Waals surface area contributed by atoms with Crippen LogP contribution in [0.4, 0.5) is 4.39 Å². The van der Waals surface area contributed by atoms with Gasteiger partial charge in [0.15, 0.2) is 12.4 Å². The molecule has 20 heavy (non-hydrogen) atoms. The molecule has 1 aromatic rings. The molecule has 108 valence electrons. The number of nitrogens with one attached hydrogen (secondary N) is 1. The minimum atomic E-state index is -1.81. The maximum Gasteiger partial charge on any atom is 0.330 e. The Labute approximate surface area is 111 Å². The highest BCUT2D eigenvalue weighted by molar-refractivity contribution is 5.04. The van der Waals surface area contributed by atoms with Crippen molar-refractivity contribution in [3.8, 4) is 0 Å². The van der Waals surface area contributed by atoms with E-state index in [1.165, 1.54) is 6.92 Å². The zero-order valence-electron chi connectivity index (χ0n) is 10.4. The first kappa shape index (κ1) is 14.3. The van der Waals surface area contributed by atoms with Crippen LogP contribution in [0, 0.1) is 6.92 Å². The summed E-state index contributed by atoms with van der Waals surface area (Å²) in [6, 6.07) is -1.24. The summed E-state index contributed by atoms with van der Waals surface area (Å²) >= 11 is 0. The van der Waals surface area contributed by atoms with Gasteiger partial charge in [-0.3, -0.25) is 14.3 Å². The number of nitrogens with zero attached hydrogens (tertiary/aromatic N) is 4. The van der Waals surface area contributed by atoms with Gasteiger partial charge in [0.05, 0.1) is 12.7 Å². The van der Waals surface area contributed by atoms with Crippen molar-refractivity contribution < 1.29 is 14.2 Å². The molecule has 0 aliphatic carbocycles. The van der Waals surface area contributed by atoms with Crippen LogP contribution in [0.1, 0.15) is 11.8 Å². The molecule has 1 unspecified atom stereocenters. The third-order valence-electron chi connectivity index (χ3n) is 3.08. The molecule has 0 bridgehead atoms. The highest BCUT2D eigenvalue weighted by atomic mass is 19.1. The number of azide groups is 1. The normalized spacial score (nSPS) is 29.1. The standard InChI is InChI=1S/C10H12FN5O4/c1-4-2-16(10(19)13-8(4)18)9-6(11)7(14-15-12)5(3-17)20-9/h2,5-7,9,17H,3H2,1H3,(H,13,18,19)/t5-,6+,7-,9?/m1/s1. The molecule has 4 atom stereocenters. The minimum absolute atomic E-state index is 0.202. The van der Waals surface area contributed by atoms with Crippen LogP contribution in [0.15, 0.2) is 20.9 Å². The number of aromatic nitrogens is 2. The highest BCUT2D eigenvalue weighted by Gasteiger charge is 2.45. The van der Waals surface area contributed by atoms with Gasteiger partial charge in [-0.1, -0.05) is 5.11 Å². The number of aliphatic hydroxyl groups excluding tert-OH is 1. The molecule has 1 fully saturated rings. The Morgan fingerprint density at radius 2 is 2.35 bits per heavy atom. The fraction of sp³-hybridized carbons (Fsp3) is 0.600. The van der Waals surface area contributed by atoms with Crippen molar-refractivity contribution in [1.82, 2.24) is 9.55 Å². The van der Waals surface area contributed by atoms with Gasteiger partial charge in [-0.15, -0.1) is 0 Å². The van der Waals surface area contributed by atoms with Crippen LogP contribution in [0.3, 0.4) is 0 Å². The van der Waals surface area contributed by atoms with E-state index in [0.717, 1.165) is 10.8 Å². The number of ether oxygens (including phenoxy) is 1. The van der Waals surface area contributed by atoms with Gasteiger partial charge in [-0.05, 0) is 12.5 Å². The summed E-state index contributed by atoms with van der Waals surface area (Å²) in [6.45, 7) is 0.892. The molecule has 1 aromatic heterocycles. The largest absolute Gasteiger partial charge is 0.394 e. The van der Waals surface area contributed by atoms with Gasteiger partial charge in [0.1, 0.15) is 6.04 Å². The topological polar surface area (TPSA) is 133 Å². The SMILES string of the molecule is Cc1cn(C2O[C@H](CO)[C@@H](N=[N+]=[N-])[C@@H]2F)c(=O)[nH]c1=O. The summed E-state index contributed by atoms with van der Waals surface area (Å²) in [5.74, 6) is 0. The van der Waals surface area contributed by atoms with Gasteiger partial charge in [-0.2, -0.15) is 0 Å². The monoisotopic (exact) mass is 285 g/mol. The van der Waals surface area contributed by atoms with Crippen LogP contribution in [-0.2, 0) is 4.74 Å². The van der Waals surface area contributed by atoms with Crippen LogP contribution < -0.4 is 11.2 Å². The van der Waals surface area contributed by atoms with Crippen molar-refractivity contribution in [2.75, 3.05) is 6.61 Å². The average Bonchev–Trinajstić information content (AvgIpc) is 2.72. The van der Waals surface area contributed by atoms with E-state index in [4.69, 9.17) is 15.4 Å². The number of aromatic amines is 1. The molecule has 2 rings (SSSR count). The number of aryl methyl sites for hydroxylation is 1. The van der Waals surface area contributed by atoms with Crippen molar-refractivity contribution in [3.63, 3.8) is 0 Å². The molecule has 1 aliphatic rings. The van der Waals surface area contributed by atoms with E-state index >= 15 is 0 Å². The third-order valence-corrected chi connectivity index (χ3v) is 3.08. The van der Waals surface area contributed by atoms with E-state index in [9.17, 15) is 14.0 Å². The molecule has 2 heterocycles. The second-order valence-corrected chi connectivity index (χ2v) is 4.37. The average molecular weight is 285 g/mol. The Bertz CT molecular complexity index is 664. The summed E-state index contributed by atoms with van der Waals surface area (Å²) in [5.41, 5.74) is 7.17. The summed E-state index contributed by atoms with van der Waals surface area (Å²) in [4.78, 5) is 27.5. The van der Waals surface area contributed by atoms with Crippen molar-refractivity contribution in [1.29, 1.82) is 0 Å². The summed E-state index contributed by atoms with van der Waals surface area (Å²) in [5, 5.41) is 12.3. The van der Waals surface area contributed by atoms with Crippen LogP contribution in [0.5, 0.6) is 0 Å². The first-order chi connectivity index (χ1) is 9.49. The molecule has 10 heteroatoms. The van der Waals surface area contributed by atoms with Gasteiger partial charge in [0.2, 0.25) is 0 Å². The first-order valence-corrected chi connectivity index (χ1v) is 5.76. The zero-order valence-corrected chi connectivity index (χ0v) is 10.4. The second-order valence-electron chi connectivity index (χ2n) is 4.37. The van der Waals surface area contributed by atoms with Gasteiger partial charge in [0, 0.05) is 16.7 Å². The van der Waals surface area contributed by atoms with Gasteiger partial charge < -0.3 is 9.84 Å². The van der Waals surface area contributed by atoms with E-state index in [1.807, 2.05) is 4.98 Å². The smallest absolute Gasteiger partial charge is 0.330 e. The first-order valence-electron chi connectivity index (χ1n) is 5.76. The predicted molar refractivity (Wildman–Crippen MR) is 64.9 cm³/mol. The number of H-pyrrole nitrogens is 1. The molecule has 0 saturated carbocycles. The number of aliphatic hydroxyl groups is 1. The van der Waals surface area contributed by atoms with E-state index in [0.29, 0.717) is 0 Å². The molecule has 0 aromatic carbocycles. The van der Waals surface area contributed by atoms with Crippen LogP contribution in [0.2, 0.25) is 0 Å². The minimum Gasteiger partial charge on any atom is -0.394 e. The third kappa shape index (κ3) is 2.31. The summed E-state index contributed by atoms with van der Waals surface area (Å²) < 4.78 is 20.3. The lowest BCUT2D eigenvalue weighted by atomic mass is 10.1. The lowest BCUT2D eigenvalue weighted by Gasteiger charge is -2.16. The van der Waals surface area contributed by atoms with Crippen LogP contribution in [-0.4, -0.2) is 39.6 Å². The Morgan fingerprint density at radius 1 is 1.65 bits per heavy atom. The Hall–Kier alpha value is -2.16. The zero-order chi connectivity index (χ0) is 14.9. The van der Waals surface area contributed by atoms with Gasteiger partial charge in [-0.25, -0.2) is 9.18 Å². The fourth-order valence-corrected chi connectivity index (χ4v) is 2.05. The molecule has 9 nitrogen and oxygen atoms in total. The van der Waals surface area contributed by atoms with Crippen molar-refractivity contribution in [2.24, 2.45) is 5.11 Å². The fourth-order valence-electron chi connectivity index (χ4n) is 2.05. The van der Waals surface area contributed by atoms with Gasteiger partial charge >= 0.3 is 5.69 Å². The molecule has 2 N–H and O–H groups in total. The van der Waals surface area contributed by atoms with Crippen LogP contribution >= 0.6 is 0 Å². The number of hydrogen-bond acceptors (Lipinski definition) is 5. The predicted octanol–water partition coefficient (Wildman–Crippen LogP) is -0.248. The van der Waals surface area contributed by atoms with Crippen molar-refractivity contribution in [2.45, 2.75) is 31.5 Å². The molecule has 0 spiro atoms. The maximum absolute atomic E-state index is 14.2. The molecule has 1 aliphatic heterocycles. The highest BCUT2D eigenvalue weighted by Crippen LogP contribution is 2.32. The van der Waals surface area contributed by atoms with Gasteiger partial charge in [0.25, 0.3) is 5.56 Å². The van der Waals surface area contributed by atoms with E-state index in [-0.39, 0.29) is 5.56 Å². The van der Waals surface area contributed by atoms with E-state index in [1.54, 1.807) is 0 Å². The molecular weight excluding hydrogens is 273 g/mol. The number of alkyl halides is 1. The Balaban J connectivity index is 2.44. The summed E-state index contributed by atoms with van der Waals surface area (Å²) in [7, 11) is 0. The van der Waals surface area contributed by atoms with Crippen molar-refractivity contribution >= 4 is 0 Å². The quantitative estimate of drug-likeness (QED) is 0.450. The molecule has 1 saturated heterocycles. The number of hydrogen-bond donors (Lipinski definition) is 2. The van der Waals surface area contributed by atoms with E-state index < -0.39 is 42.4 Å². The Morgan fingerprint density at radius 3 is 2.95 bits per heavy atom. The maximum atomic E-state index is 14.2. The Kier molecular flexibility index (Phi) is 3.89. The molecule has 0 amide bonds. The molecular formula is C10H12FN5O4. The second kappa shape index (κ2) is 5.45. The van der Waals surface area contributed by atoms with Crippen molar-refractivity contribution in [3.05, 3.63) is 43.0 Å².